The summed E-state index contributed by atoms with van der Waals surface area (Å²) >= 11 is 0. The van der Waals surface area contributed by atoms with Crippen molar-refractivity contribution in [3.63, 3.8) is 0 Å². The minimum absolute atomic E-state index is 0.156. The summed E-state index contributed by atoms with van der Waals surface area (Å²) in [5, 5.41) is 9.46. The van der Waals surface area contributed by atoms with Crippen LogP contribution in [-0.2, 0) is 11.2 Å². The zero-order chi connectivity index (χ0) is 13.0. The van der Waals surface area contributed by atoms with Crippen LogP contribution in [-0.4, -0.2) is 34.6 Å². The average molecular weight is 245 g/mol. The van der Waals surface area contributed by atoms with Crippen LogP contribution in [0.15, 0.2) is 24.3 Å². The van der Waals surface area contributed by atoms with Crippen molar-refractivity contribution in [3.8, 4) is 11.4 Å². The standard InChI is InChI=1S/C12H15N5O/c1-14-10(7-18)6-8-2-4-9(5-3-8)11-15-12(13)17-16-11/h2-5,7,10,14H,6H2,1H3,(H3,13,15,16,17). The van der Waals surface area contributed by atoms with Crippen molar-refractivity contribution in [1.29, 1.82) is 0 Å². The van der Waals surface area contributed by atoms with Crippen molar-refractivity contribution in [2.75, 3.05) is 12.8 Å². The van der Waals surface area contributed by atoms with Gasteiger partial charge in [-0.2, -0.15) is 4.98 Å². The molecule has 0 saturated carbocycles. The number of hydrogen-bond donors (Lipinski definition) is 3. The Morgan fingerprint density at radius 2 is 2.17 bits per heavy atom. The number of H-pyrrole nitrogens is 1. The number of nitrogens with one attached hydrogen (secondary N) is 2. The Bertz CT molecular complexity index is 520. The number of aromatic amines is 1. The van der Waals surface area contributed by atoms with E-state index in [1.165, 1.54) is 0 Å². The molecule has 6 nitrogen and oxygen atoms in total. The Morgan fingerprint density at radius 1 is 1.44 bits per heavy atom. The molecule has 2 aromatic rings. The zero-order valence-electron chi connectivity index (χ0n) is 10.1. The van der Waals surface area contributed by atoms with Gasteiger partial charge >= 0.3 is 0 Å². The van der Waals surface area contributed by atoms with Gasteiger partial charge in [-0.1, -0.05) is 24.3 Å². The summed E-state index contributed by atoms with van der Waals surface area (Å²) in [5.74, 6) is 0.866. The van der Waals surface area contributed by atoms with Gasteiger partial charge in [0.1, 0.15) is 6.29 Å². The Kier molecular flexibility index (Phi) is 3.69. The molecule has 1 heterocycles. The second-order valence-corrected chi connectivity index (χ2v) is 3.97. The average Bonchev–Trinajstić information content (AvgIpc) is 2.83. The van der Waals surface area contributed by atoms with Crippen LogP contribution in [0.1, 0.15) is 5.56 Å². The third-order valence-electron chi connectivity index (χ3n) is 2.72. The van der Waals surface area contributed by atoms with Gasteiger partial charge in [0.25, 0.3) is 0 Å². The zero-order valence-corrected chi connectivity index (χ0v) is 10.1. The molecule has 0 radical (unpaired) electrons. The lowest BCUT2D eigenvalue weighted by Crippen LogP contribution is -2.28. The summed E-state index contributed by atoms with van der Waals surface area (Å²) in [6.45, 7) is 0. The summed E-state index contributed by atoms with van der Waals surface area (Å²) in [7, 11) is 1.77. The van der Waals surface area contributed by atoms with Crippen LogP contribution >= 0.6 is 0 Å². The van der Waals surface area contributed by atoms with E-state index >= 15 is 0 Å². The first-order valence-corrected chi connectivity index (χ1v) is 5.62. The lowest BCUT2D eigenvalue weighted by Gasteiger charge is -2.08. The third-order valence-corrected chi connectivity index (χ3v) is 2.72. The van der Waals surface area contributed by atoms with Gasteiger partial charge < -0.3 is 15.8 Å². The molecular formula is C12H15N5O. The highest BCUT2D eigenvalue weighted by Crippen LogP contribution is 2.16. The fourth-order valence-electron chi connectivity index (χ4n) is 1.67. The van der Waals surface area contributed by atoms with Crippen LogP contribution in [0.2, 0.25) is 0 Å². The van der Waals surface area contributed by atoms with E-state index in [1.54, 1.807) is 7.05 Å². The minimum Gasteiger partial charge on any atom is -0.366 e. The van der Waals surface area contributed by atoms with Crippen molar-refractivity contribution < 1.29 is 4.79 Å². The number of anilines is 1. The number of carbonyl (C=O) groups excluding carboxylic acids is 1. The van der Waals surface area contributed by atoms with E-state index in [9.17, 15) is 4.79 Å². The van der Waals surface area contributed by atoms with Crippen LogP contribution in [0.5, 0.6) is 0 Å². The molecule has 0 fully saturated rings. The number of nitrogen functional groups attached to an aromatic ring is 1. The highest BCUT2D eigenvalue weighted by Gasteiger charge is 2.07. The molecule has 1 aromatic heterocycles. The fraction of sp³-hybridized carbons (Fsp3) is 0.250. The van der Waals surface area contributed by atoms with Gasteiger partial charge in [-0.05, 0) is 19.0 Å². The number of nitrogens with zero attached hydrogens (tertiary/aromatic N) is 2. The summed E-state index contributed by atoms with van der Waals surface area (Å²) in [6.07, 6.45) is 1.57. The molecule has 1 atom stereocenters. The second kappa shape index (κ2) is 5.42. The first-order chi connectivity index (χ1) is 8.72. The monoisotopic (exact) mass is 245 g/mol. The van der Waals surface area contributed by atoms with Gasteiger partial charge in [0.15, 0.2) is 5.82 Å². The van der Waals surface area contributed by atoms with E-state index in [0.29, 0.717) is 12.2 Å². The maximum absolute atomic E-state index is 10.7. The van der Waals surface area contributed by atoms with Gasteiger partial charge in [-0.15, -0.1) is 5.10 Å². The van der Waals surface area contributed by atoms with Crippen LogP contribution in [0.25, 0.3) is 11.4 Å². The number of aldehydes is 1. The number of carbonyl (C=O) groups is 1. The molecule has 0 bridgehead atoms. The smallest absolute Gasteiger partial charge is 0.239 e. The molecule has 2 rings (SSSR count). The van der Waals surface area contributed by atoms with Gasteiger partial charge in [-0.25, -0.2) is 0 Å². The van der Waals surface area contributed by atoms with E-state index in [2.05, 4.69) is 20.5 Å². The van der Waals surface area contributed by atoms with Crippen molar-refractivity contribution in [2.24, 2.45) is 0 Å². The molecule has 0 aliphatic carbocycles. The number of benzene rings is 1. The summed E-state index contributed by atoms with van der Waals surface area (Å²) in [4.78, 5) is 14.8. The Balaban J connectivity index is 2.12. The predicted molar refractivity (Wildman–Crippen MR) is 68.8 cm³/mol. The minimum atomic E-state index is -0.156. The predicted octanol–water partition coefficient (Wildman–Crippen LogP) is 0.383. The van der Waals surface area contributed by atoms with Gasteiger partial charge in [-0.3, -0.25) is 5.10 Å². The molecule has 0 amide bonds. The number of rotatable bonds is 5. The third kappa shape index (κ3) is 2.72. The Labute approximate surface area is 105 Å². The van der Waals surface area contributed by atoms with Crippen LogP contribution in [0.4, 0.5) is 5.95 Å². The van der Waals surface area contributed by atoms with E-state index in [0.717, 1.165) is 17.4 Å². The number of aromatic nitrogens is 3. The van der Waals surface area contributed by atoms with Crippen LogP contribution < -0.4 is 11.1 Å². The Hall–Kier alpha value is -2.21. The van der Waals surface area contributed by atoms with E-state index in [4.69, 9.17) is 5.73 Å². The molecule has 0 aliphatic rings. The molecule has 4 N–H and O–H groups in total. The van der Waals surface area contributed by atoms with E-state index in [1.807, 2.05) is 24.3 Å². The number of likely N-dealkylation sites (N-methyl/N-ethyl adjacent to an activating group) is 1. The molecule has 0 saturated heterocycles. The molecule has 1 aromatic carbocycles. The first kappa shape index (κ1) is 12.3. The van der Waals surface area contributed by atoms with E-state index < -0.39 is 0 Å². The largest absolute Gasteiger partial charge is 0.366 e. The fourth-order valence-corrected chi connectivity index (χ4v) is 1.67. The van der Waals surface area contributed by atoms with Crippen LogP contribution in [0.3, 0.4) is 0 Å². The normalized spacial score (nSPS) is 12.3. The number of hydrogen-bond acceptors (Lipinski definition) is 5. The topological polar surface area (TPSA) is 96.7 Å². The Morgan fingerprint density at radius 3 is 2.67 bits per heavy atom. The van der Waals surface area contributed by atoms with Crippen molar-refractivity contribution >= 4 is 12.2 Å². The van der Waals surface area contributed by atoms with Gasteiger partial charge in [0.05, 0.1) is 6.04 Å². The maximum atomic E-state index is 10.7. The lowest BCUT2D eigenvalue weighted by molar-refractivity contribution is -0.109. The second-order valence-electron chi connectivity index (χ2n) is 3.97. The SMILES string of the molecule is CNC(C=O)Cc1ccc(-c2nc(N)n[nH]2)cc1. The van der Waals surface area contributed by atoms with Crippen molar-refractivity contribution in [2.45, 2.75) is 12.5 Å². The van der Waals surface area contributed by atoms with Crippen molar-refractivity contribution in [3.05, 3.63) is 29.8 Å². The highest BCUT2D eigenvalue weighted by molar-refractivity contribution is 5.59. The van der Waals surface area contributed by atoms with Gasteiger partial charge in [0, 0.05) is 5.56 Å². The summed E-state index contributed by atoms with van der Waals surface area (Å²) in [6, 6.07) is 7.61. The summed E-state index contributed by atoms with van der Waals surface area (Å²) < 4.78 is 0. The molecule has 0 aliphatic heterocycles. The highest BCUT2D eigenvalue weighted by atomic mass is 16.1. The molecular weight excluding hydrogens is 230 g/mol. The summed E-state index contributed by atoms with van der Waals surface area (Å²) in [5.41, 5.74) is 7.44. The van der Waals surface area contributed by atoms with E-state index in [-0.39, 0.29) is 12.0 Å². The molecule has 6 heteroatoms. The molecule has 94 valence electrons. The van der Waals surface area contributed by atoms with Crippen molar-refractivity contribution in [1.82, 2.24) is 20.5 Å². The number of nitrogens with two attached hydrogens (primary N) is 1. The first-order valence-electron chi connectivity index (χ1n) is 5.62. The lowest BCUT2D eigenvalue weighted by atomic mass is 10.0. The maximum Gasteiger partial charge on any atom is 0.239 e. The molecule has 1 unspecified atom stereocenters. The molecule has 18 heavy (non-hydrogen) atoms. The molecule has 0 spiro atoms. The quantitative estimate of drug-likeness (QED) is 0.662. The van der Waals surface area contributed by atoms with Gasteiger partial charge in [0.2, 0.25) is 5.95 Å². The van der Waals surface area contributed by atoms with Crippen LogP contribution in [0, 0.1) is 0 Å².